The quantitative estimate of drug-likeness (QED) is 0.499. The number of guanidine groups is 1. The summed E-state index contributed by atoms with van der Waals surface area (Å²) in [5.74, 6) is -0.0448. The van der Waals surface area contributed by atoms with Gasteiger partial charge in [-0.2, -0.15) is 0 Å². The van der Waals surface area contributed by atoms with E-state index in [0.29, 0.717) is 6.54 Å². The van der Waals surface area contributed by atoms with Crippen LogP contribution in [0.25, 0.3) is 0 Å². The molecule has 4 N–H and O–H groups in total. The number of nitrogens with two attached hydrogens (primary N) is 1. The van der Waals surface area contributed by atoms with Crippen LogP contribution in [0.1, 0.15) is 16.7 Å². The molecule has 0 bridgehead atoms. The molecule has 2 rings (SSSR count). The number of hydrogen-bond donors (Lipinski definition) is 3. The molecule has 4 nitrogen and oxygen atoms in total. The Balaban J connectivity index is 2.26. The lowest BCUT2D eigenvalue weighted by Gasteiger charge is -2.15. The van der Waals surface area contributed by atoms with Crippen LogP contribution in [0.2, 0.25) is 5.02 Å². The fourth-order valence-electron chi connectivity index (χ4n) is 1.86. The molecule has 1 aromatic rings. The minimum atomic E-state index is -0.0448. The van der Waals surface area contributed by atoms with Gasteiger partial charge in [0.05, 0.1) is 0 Å². The van der Waals surface area contributed by atoms with Gasteiger partial charge >= 0.3 is 0 Å². The average molecular weight is 225 g/mol. The largest absolute Gasteiger partial charge is 0.369 e. The minimum Gasteiger partial charge on any atom is -0.369 e. The van der Waals surface area contributed by atoms with Crippen LogP contribution in [0.4, 0.5) is 0 Å². The number of hydrazine groups is 1. The Kier molecular flexibility index (Phi) is 2.54. The molecule has 0 saturated heterocycles. The van der Waals surface area contributed by atoms with E-state index in [-0.39, 0.29) is 5.96 Å². The number of hydrogen-bond acceptors (Lipinski definition) is 2. The van der Waals surface area contributed by atoms with Crippen molar-refractivity contribution in [3.8, 4) is 0 Å². The maximum Gasteiger partial charge on any atom is 0.200 e. The van der Waals surface area contributed by atoms with Gasteiger partial charge in [-0.15, -0.1) is 0 Å². The standard InChI is InChI=1S/C10H13ClN4/c1-6-2-3-9(11)8-5-15(4-7(6)8)14-10(12)13/h2-3H,4-5H2,1H3,(H4,12,13,14). The van der Waals surface area contributed by atoms with Crippen LogP contribution in [0.5, 0.6) is 0 Å². The molecule has 0 amide bonds. The van der Waals surface area contributed by atoms with Crippen molar-refractivity contribution in [2.45, 2.75) is 20.0 Å². The van der Waals surface area contributed by atoms with Crippen molar-refractivity contribution in [2.75, 3.05) is 0 Å². The third kappa shape index (κ3) is 1.91. The van der Waals surface area contributed by atoms with Gasteiger partial charge in [0.15, 0.2) is 0 Å². The van der Waals surface area contributed by atoms with E-state index in [1.165, 1.54) is 11.1 Å². The molecule has 1 heterocycles. The highest BCUT2D eigenvalue weighted by Gasteiger charge is 2.22. The molecule has 0 saturated carbocycles. The van der Waals surface area contributed by atoms with Crippen LogP contribution in [-0.2, 0) is 13.1 Å². The van der Waals surface area contributed by atoms with Crippen molar-refractivity contribution < 1.29 is 0 Å². The fraction of sp³-hybridized carbons (Fsp3) is 0.300. The van der Waals surface area contributed by atoms with Crippen molar-refractivity contribution in [3.63, 3.8) is 0 Å². The van der Waals surface area contributed by atoms with E-state index in [1.54, 1.807) is 0 Å². The lowest BCUT2D eigenvalue weighted by molar-refractivity contribution is 0.240. The molecule has 1 aliphatic rings. The maximum atomic E-state index is 7.17. The van der Waals surface area contributed by atoms with E-state index in [1.807, 2.05) is 17.1 Å². The topological polar surface area (TPSA) is 65.1 Å². The first kappa shape index (κ1) is 10.3. The molecule has 80 valence electrons. The second-order valence-corrected chi connectivity index (χ2v) is 4.11. The summed E-state index contributed by atoms with van der Waals surface area (Å²) in [4.78, 5) is 0. The average Bonchev–Trinajstić information content (AvgIpc) is 2.55. The number of nitrogens with one attached hydrogen (secondary N) is 2. The summed E-state index contributed by atoms with van der Waals surface area (Å²) in [5.41, 5.74) is 11.6. The number of nitrogens with zero attached hydrogens (tertiary/aromatic N) is 1. The summed E-state index contributed by atoms with van der Waals surface area (Å²) >= 11 is 6.10. The monoisotopic (exact) mass is 224 g/mol. The lowest BCUT2D eigenvalue weighted by Crippen LogP contribution is -2.42. The molecule has 0 atom stereocenters. The number of halogens is 1. The molecular formula is C10H13ClN4. The highest BCUT2D eigenvalue weighted by atomic mass is 35.5. The highest BCUT2D eigenvalue weighted by Crippen LogP contribution is 2.30. The van der Waals surface area contributed by atoms with Crippen LogP contribution in [0.15, 0.2) is 12.1 Å². The first-order valence-electron chi connectivity index (χ1n) is 4.70. The third-order valence-electron chi connectivity index (χ3n) is 2.58. The molecule has 5 heteroatoms. The van der Waals surface area contributed by atoms with E-state index in [0.717, 1.165) is 17.1 Å². The zero-order chi connectivity index (χ0) is 11.0. The van der Waals surface area contributed by atoms with E-state index in [9.17, 15) is 0 Å². The molecule has 0 fully saturated rings. The summed E-state index contributed by atoms with van der Waals surface area (Å²) in [6.45, 7) is 3.49. The summed E-state index contributed by atoms with van der Waals surface area (Å²) in [6, 6.07) is 3.92. The molecule has 15 heavy (non-hydrogen) atoms. The number of benzene rings is 1. The predicted molar refractivity (Wildman–Crippen MR) is 60.5 cm³/mol. The summed E-state index contributed by atoms with van der Waals surface area (Å²) in [7, 11) is 0. The van der Waals surface area contributed by atoms with Gasteiger partial charge in [0.25, 0.3) is 0 Å². The van der Waals surface area contributed by atoms with Gasteiger partial charge in [-0.25, -0.2) is 5.01 Å². The van der Waals surface area contributed by atoms with Gasteiger partial charge in [0.1, 0.15) is 0 Å². The molecule has 0 unspecified atom stereocenters. The Labute approximate surface area is 93.5 Å². The Morgan fingerprint density at radius 2 is 2.13 bits per heavy atom. The first-order valence-corrected chi connectivity index (χ1v) is 5.08. The minimum absolute atomic E-state index is 0.0448. The second kappa shape index (κ2) is 3.72. The normalized spacial score (nSPS) is 15.1. The molecule has 1 aliphatic heterocycles. The fourth-order valence-corrected chi connectivity index (χ4v) is 2.10. The zero-order valence-corrected chi connectivity index (χ0v) is 9.23. The van der Waals surface area contributed by atoms with E-state index >= 15 is 0 Å². The van der Waals surface area contributed by atoms with Crippen LogP contribution >= 0.6 is 11.6 Å². The third-order valence-corrected chi connectivity index (χ3v) is 2.94. The molecule has 0 spiro atoms. The molecule has 0 aliphatic carbocycles. The van der Waals surface area contributed by atoms with Crippen LogP contribution in [0, 0.1) is 12.3 Å². The Morgan fingerprint density at radius 3 is 2.73 bits per heavy atom. The van der Waals surface area contributed by atoms with Crippen molar-refractivity contribution >= 4 is 17.6 Å². The van der Waals surface area contributed by atoms with E-state index in [2.05, 4.69) is 12.3 Å². The number of fused-ring (bicyclic) bond motifs is 1. The molecule has 0 aromatic heterocycles. The maximum absolute atomic E-state index is 7.17. The summed E-state index contributed by atoms with van der Waals surface area (Å²) in [6.07, 6.45) is 0. The van der Waals surface area contributed by atoms with Gasteiger partial charge in [-0.05, 0) is 29.7 Å². The molecule has 1 aromatic carbocycles. The SMILES string of the molecule is Cc1ccc(Cl)c2c1CN(NC(=N)N)C2. The first-order chi connectivity index (χ1) is 7.08. The van der Waals surface area contributed by atoms with Crippen LogP contribution < -0.4 is 11.2 Å². The zero-order valence-electron chi connectivity index (χ0n) is 8.47. The van der Waals surface area contributed by atoms with Gasteiger partial charge in [-0.1, -0.05) is 17.7 Å². The van der Waals surface area contributed by atoms with Gasteiger partial charge in [0, 0.05) is 18.1 Å². The van der Waals surface area contributed by atoms with E-state index < -0.39 is 0 Å². The van der Waals surface area contributed by atoms with Crippen molar-refractivity contribution in [1.82, 2.24) is 10.4 Å². The highest BCUT2D eigenvalue weighted by molar-refractivity contribution is 6.31. The number of rotatable bonds is 1. The Hall–Kier alpha value is -1.26. The van der Waals surface area contributed by atoms with Crippen LogP contribution in [0.3, 0.4) is 0 Å². The lowest BCUT2D eigenvalue weighted by atomic mass is 10.1. The van der Waals surface area contributed by atoms with Crippen molar-refractivity contribution in [1.29, 1.82) is 5.41 Å². The van der Waals surface area contributed by atoms with Crippen molar-refractivity contribution in [3.05, 3.63) is 33.8 Å². The second-order valence-electron chi connectivity index (χ2n) is 3.70. The van der Waals surface area contributed by atoms with Gasteiger partial charge in [0.2, 0.25) is 5.96 Å². The Morgan fingerprint density at radius 1 is 1.47 bits per heavy atom. The number of aryl methyl sites for hydroxylation is 1. The van der Waals surface area contributed by atoms with Gasteiger partial charge < -0.3 is 5.73 Å². The summed E-state index contributed by atoms with van der Waals surface area (Å²) in [5, 5.41) is 9.83. The predicted octanol–water partition coefficient (Wildman–Crippen LogP) is 1.36. The molecular weight excluding hydrogens is 212 g/mol. The van der Waals surface area contributed by atoms with Crippen molar-refractivity contribution in [2.24, 2.45) is 5.73 Å². The summed E-state index contributed by atoms with van der Waals surface area (Å²) < 4.78 is 0. The molecule has 0 radical (unpaired) electrons. The van der Waals surface area contributed by atoms with Gasteiger partial charge in [-0.3, -0.25) is 10.8 Å². The van der Waals surface area contributed by atoms with E-state index in [4.69, 9.17) is 22.7 Å². The Bertz CT molecular complexity index is 385. The van der Waals surface area contributed by atoms with Crippen LogP contribution in [-0.4, -0.2) is 11.0 Å². The smallest absolute Gasteiger partial charge is 0.200 e.